The van der Waals surface area contributed by atoms with Crippen LogP contribution >= 0.6 is 0 Å². The van der Waals surface area contributed by atoms with E-state index in [0.717, 1.165) is 5.56 Å². The molecule has 1 aromatic rings. The molecule has 0 heterocycles. The Hall–Kier alpha value is -1.97. The smallest absolute Gasteiger partial charge is 0.246 e. The van der Waals surface area contributed by atoms with Gasteiger partial charge in [0, 0.05) is 19.2 Å². The summed E-state index contributed by atoms with van der Waals surface area (Å²) in [6.45, 7) is 5.36. The minimum Gasteiger partial charge on any atom is -0.493 e. The average molecular weight is 263 g/mol. The molecule has 1 aromatic carbocycles. The lowest BCUT2D eigenvalue weighted by Crippen LogP contribution is -2.28. The van der Waals surface area contributed by atoms with Crippen molar-refractivity contribution in [3.8, 4) is 11.5 Å². The van der Waals surface area contributed by atoms with Gasteiger partial charge in [-0.05, 0) is 37.6 Å². The third-order valence-corrected chi connectivity index (χ3v) is 2.90. The minimum atomic E-state index is 0.0137. The van der Waals surface area contributed by atoms with Crippen molar-refractivity contribution in [3.63, 3.8) is 0 Å². The first kappa shape index (κ1) is 15.1. The number of carbonyl (C=O) groups is 1. The second-order valence-electron chi connectivity index (χ2n) is 3.96. The van der Waals surface area contributed by atoms with E-state index in [0.29, 0.717) is 24.6 Å². The zero-order valence-corrected chi connectivity index (χ0v) is 12.0. The van der Waals surface area contributed by atoms with Crippen molar-refractivity contribution in [2.24, 2.45) is 0 Å². The topological polar surface area (TPSA) is 38.8 Å². The third-order valence-electron chi connectivity index (χ3n) is 2.90. The maximum Gasteiger partial charge on any atom is 0.246 e. The maximum absolute atomic E-state index is 11.8. The quantitative estimate of drug-likeness (QED) is 0.740. The van der Waals surface area contributed by atoms with Gasteiger partial charge in [-0.25, -0.2) is 0 Å². The summed E-state index contributed by atoms with van der Waals surface area (Å²) in [5.41, 5.74) is 0.901. The highest BCUT2D eigenvalue weighted by molar-refractivity contribution is 5.91. The highest BCUT2D eigenvalue weighted by Gasteiger charge is 2.06. The number of rotatable bonds is 6. The molecule has 4 nitrogen and oxygen atoms in total. The van der Waals surface area contributed by atoms with Gasteiger partial charge in [0.2, 0.25) is 5.91 Å². The molecule has 0 aromatic heterocycles. The highest BCUT2D eigenvalue weighted by atomic mass is 16.5. The van der Waals surface area contributed by atoms with Crippen LogP contribution in [0.25, 0.3) is 6.08 Å². The van der Waals surface area contributed by atoms with Crippen molar-refractivity contribution in [1.29, 1.82) is 0 Å². The number of ether oxygens (including phenoxy) is 2. The van der Waals surface area contributed by atoms with Crippen molar-refractivity contribution in [2.45, 2.75) is 13.8 Å². The Morgan fingerprint density at radius 2 is 1.79 bits per heavy atom. The van der Waals surface area contributed by atoms with Crippen LogP contribution in [-0.4, -0.2) is 38.1 Å². The van der Waals surface area contributed by atoms with Crippen molar-refractivity contribution in [1.82, 2.24) is 4.90 Å². The van der Waals surface area contributed by atoms with E-state index < -0.39 is 0 Å². The number of hydrogen-bond donors (Lipinski definition) is 0. The fourth-order valence-electron chi connectivity index (χ4n) is 1.76. The number of hydrogen-bond acceptors (Lipinski definition) is 3. The standard InChI is InChI=1S/C15H21NO3/c1-5-16(6-2)15(17)10-8-12-7-9-13(18-3)14(11-12)19-4/h7-11H,5-6H2,1-4H3/b10-8+. The molecule has 0 aliphatic rings. The lowest BCUT2D eigenvalue weighted by atomic mass is 10.2. The summed E-state index contributed by atoms with van der Waals surface area (Å²) in [5, 5.41) is 0. The minimum absolute atomic E-state index is 0.0137. The Balaban J connectivity index is 2.85. The molecule has 4 heteroatoms. The predicted molar refractivity (Wildman–Crippen MR) is 76.5 cm³/mol. The van der Waals surface area contributed by atoms with Gasteiger partial charge in [-0.15, -0.1) is 0 Å². The molecule has 0 fully saturated rings. The Morgan fingerprint density at radius 1 is 1.16 bits per heavy atom. The molecule has 0 bridgehead atoms. The predicted octanol–water partition coefficient (Wildman–Crippen LogP) is 2.59. The summed E-state index contributed by atoms with van der Waals surface area (Å²) >= 11 is 0. The van der Waals surface area contributed by atoms with Gasteiger partial charge < -0.3 is 14.4 Å². The molecule has 1 rings (SSSR count). The normalized spacial score (nSPS) is 10.5. The zero-order chi connectivity index (χ0) is 14.3. The molecule has 0 spiro atoms. The van der Waals surface area contributed by atoms with E-state index in [9.17, 15) is 4.79 Å². The van der Waals surface area contributed by atoms with Gasteiger partial charge in [0.15, 0.2) is 11.5 Å². The molecule has 0 saturated heterocycles. The molecule has 0 aliphatic heterocycles. The number of nitrogens with zero attached hydrogens (tertiary/aromatic N) is 1. The maximum atomic E-state index is 11.8. The van der Waals surface area contributed by atoms with E-state index >= 15 is 0 Å². The molecule has 104 valence electrons. The summed E-state index contributed by atoms with van der Waals surface area (Å²) in [4.78, 5) is 13.6. The summed E-state index contributed by atoms with van der Waals surface area (Å²) in [7, 11) is 3.18. The Labute approximate surface area is 114 Å². The number of methoxy groups -OCH3 is 2. The van der Waals surface area contributed by atoms with Crippen LogP contribution in [0.2, 0.25) is 0 Å². The zero-order valence-electron chi connectivity index (χ0n) is 12.0. The van der Waals surface area contributed by atoms with Crippen molar-refractivity contribution >= 4 is 12.0 Å². The van der Waals surface area contributed by atoms with E-state index in [2.05, 4.69) is 0 Å². The first-order valence-corrected chi connectivity index (χ1v) is 6.35. The van der Waals surface area contributed by atoms with Gasteiger partial charge in [-0.3, -0.25) is 4.79 Å². The Kier molecular flexibility index (Phi) is 5.93. The van der Waals surface area contributed by atoms with E-state index in [-0.39, 0.29) is 5.91 Å². The molecule has 19 heavy (non-hydrogen) atoms. The first-order chi connectivity index (χ1) is 9.15. The SMILES string of the molecule is CCN(CC)C(=O)/C=C/c1ccc(OC)c(OC)c1. The van der Waals surface area contributed by atoms with Crippen LogP contribution < -0.4 is 9.47 Å². The van der Waals surface area contributed by atoms with Gasteiger partial charge >= 0.3 is 0 Å². The molecule has 0 aliphatic carbocycles. The molecule has 0 atom stereocenters. The van der Waals surface area contributed by atoms with Crippen LogP contribution in [0.3, 0.4) is 0 Å². The summed E-state index contributed by atoms with van der Waals surface area (Å²) < 4.78 is 10.4. The number of amides is 1. The van der Waals surface area contributed by atoms with Crippen LogP contribution in [0.1, 0.15) is 19.4 Å². The van der Waals surface area contributed by atoms with Gasteiger partial charge in [0.05, 0.1) is 14.2 Å². The van der Waals surface area contributed by atoms with E-state index in [4.69, 9.17) is 9.47 Å². The van der Waals surface area contributed by atoms with Gasteiger partial charge in [-0.1, -0.05) is 6.07 Å². The molecule has 1 amide bonds. The summed E-state index contributed by atoms with van der Waals surface area (Å²) in [6.07, 6.45) is 3.36. The number of benzene rings is 1. The van der Waals surface area contributed by atoms with Crippen LogP contribution in [0.4, 0.5) is 0 Å². The highest BCUT2D eigenvalue weighted by Crippen LogP contribution is 2.27. The van der Waals surface area contributed by atoms with Crippen LogP contribution in [0.5, 0.6) is 11.5 Å². The van der Waals surface area contributed by atoms with Crippen LogP contribution in [0.15, 0.2) is 24.3 Å². The lowest BCUT2D eigenvalue weighted by molar-refractivity contribution is -0.125. The molecular formula is C15H21NO3. The van der Waals surface area contributed by atoms with Crippen LogP contribution in [0, 0.1) is 0 Å². The summed E-state index contributed by atoms with van der Waals surface area (Å²) in [6, 6.07) is 5.54. The summed E-state index contributed by atoms with van der Waals surface area (Å²) in [5.74, 6) is 1.34. The second-order valence-corrected chi connectivity index (χ2v) is 3.96. The first-order valence-electron chi connectivity index (χ1n) is 6.35. The van der Waals surface area contributed by atoms with Crippen molar-refractivity contribution in [2.75, 3.05) is 27.3 Å². The fourth-order valence-corrected chi connectivity index (χ4v) is 1.76. The monoisotopic (exact) mass is 263 g/mol. The largest absolute Gasteiger partial charge is 0.493 e. The average Bonchev–Trinajstić information content (AvgIpc) is 2.45. The molecular weight excluding hydrogens is 242 g/mol. The molecule has 0 saturated carbocycles. The third kappa shape index (κ3) is 4.02. The van der Waals surface area contributed by atoms with E-state index in [1.54, 1.807) is 31.3 Å². The van der Waals surface area contributed by atoms with Crippen molar-refractivity contribution in [3.05, 3.63) is 29.8 Å². The number of likely N-dealkylation sites (N-methyl/N-ethyl adjacent to an activating group) is 1. The van der Waals surface area contributed by atoms with Crippen LogP contribution in [-0.2, 0) is 4.79 Å². The molecule has 0 radical (unpaired) electrons. The Bertz CT molecular complexity index is 451. The number of carbonyl (C=O) groups excluding carboxylic acids is 1. The van der Waals surface area contributed by atoms with E-state index in [1.165, 1.54) is 0 Å². The Morgan fingerprint density at radius 3 is 2.32 bits per heavy atom. The fraction of sp³-hybridized carbons (Fsp3) is 0.400. The van der Waals surface area contributed by atoms with Crippen molar-refractivity contribution < 1.29 is 14.3 Å². The van der Waals surface area contributed by atoms with Gasteiger partial charge in [0.1, 0.15) is 0 Å². The molecule has 0 unspecified atom stereocenters. The van der Waals surface area contributed by atoms with Gasteiger partial charge in [0.25, 0.3) is 0 Å². The molecule has 0 N–H and O–H groups in total. The van der Waals surface area contributed by atoms with Gasteiger partial charge in [-0.2, -0.15) is 0 Å². The lowest BCUT2D eigenvalue weighted by Gasteiger charge is -2.15. The second kappa shape index (κ2) is 7.46. The van der Waals surface area contributed by atoms with E-state index in [1.807, 2.05) is 32.0 Å².